The molecular weight excluding hydrogens is 266 g/mol. The second-order valence-corrected chi connectivity index (χ2v) is 6.30. The normalized spacial score (nSPS) is 21.9. The third-order valence-corrected chi connectivity index (χ3v) is 5.09. The maximum absolute atomic E-state index is 12.3. The van der Waals surface area contributed by atoms with Crippen LogP contribution < -0.4 is 0 Å². The zero-order valence-corrected chi connectivity index (χ0v) is 12.6. The first-order valence-electron chi connectivity index (χ1n) is 7.83. The largest absolute Gasteiger partial charge is 0.367 e. The summed E-state index contributed by atoms with van der Waals surface area (Å²) in [5.41, 5.74) is 0.971. The van der Waals surface area contributed by atoms with Crippen LogP contribution in [0, 0.1) is 5.41 Å². The molecule has 0 saturated carbocycles. The van der Waals surface area contributed by atoms with Crippen molar-refractivity contribution in [2.24, 2.45) is 5.41 Å². The van der Waals surface area contributed by atoms with Gasteiger partial charge in [-0.15, -0.1) is 0 Å². The molecule has 2 aliphatic heterocycles. The highest BCUT2D eigenvalue weighted by atomic mass is 16.2. The quantitative estimate of drug-likeness (QED) is 0.903. The van der Waals surface area contributed by atoms with E-state index in [2.05, 4.69) is 4.98 Å². The molecule has 0 radical (unpaired) electrons. The number of nitrogens with zero attached hydrogens (tertiary/aromatic N) is 2. The van der Waals surface area contributed by atoms with E-state index in [1.54, 1.807) is 12.4 Å². The van der Waals surface area contributed by atoms with E-state index in [1.165, 1.54) is 0 Å². The van der Waals surface area contributed by atoms with E-state index in [0.29, 0.717) is 6.42 Å². The maximum Gasteiger partial charge on any atom is 0.255 e. The van der Waals surface area contributed by atoms with Crippen LogP contribution in [-0.2, 0) is 4.79 Å². The molecule has 2 aliphatic rings. The molecule has 1 aromatic heterocycles. The van der Waals surface area contributed by atoms with E-state index >= 15 is 0 Å². The van der Waals surface area contributed by atoms with Crippen molar-refractivity contribution in [3.05, 3.63) is 24.0 Å². The molecule has 5 heteroatoms. The fourth-order valence-corrected chi connectivity index (χ4v) is 3.62. The summed E-state index contributed by atoms with van der Waals surface area (Å²) in [6.07, 6.45) is 7.20. The second kappa shape index (κ2) is 5.54. The first-order chi connectivity index (χ1) is 10.1. The van der Waals surface area contributed by atoms with Crippen molar-refractivity contribution in [1.82, 2.24) is 14.8 Å². The van der Waals surface area contributed by atoms with Gasteiger partial charge in [-0.2, -0.15) is 0 Å². The Morgan fingerprint density at radius 3 is 2.71 bits per heavy atom. The minimum atomic E-state index is 0.116. The van der Waals surface area contributed by atoms with Crippen molar-refractivity contribution >= 4 is 11.8 Å². The van der Waals surface area contributed by atoms with E-state index in [4.69, 9.17) is 0 Å². The van der Waals surface area contributed by atoms with Crippen LogP contribution in [0.15, 0.2) is 18.5 Å². The number of rotatable bonds is 2. The van der Waals surface area contributed by atoms with Gasteiger partial charge in [0, 0.05) is 45.0 Å². The molecule has 2 fully saturated rings. The molecule has 1 aromatic rings. The predicted octanol–water partition coefficient (Wildman–Crippen LogP) is 1.88. The molecule has 0 aromatic carbocycles. The standard InChI is InChI=1S/C16H23N3O2/c1-2-18-12-16(5-3-14(18)20)6-9-19(10-7-16)15(21)13-4-8-17-11-13/h4,8,11,17H,2-3,5-7,9-10,12H2,1H3. The molecule has 2 saturated heterocycles. The van der Waals surface area contributed by atoms with Gasteiger partial charge in [0.2, 0.25) is 5.91 Å². The molecule has 1 spiro atoms. The van der Waals surface area contributed by atoms with E-state index in [1.807, 2.05) is 22.8 Å². The molecule has 3 heterocycles. The van der Waals surface area contributed by atoms with Crippen molar-refractivity contribution in [1.29, 1.82) is 0 Å². The van der Waals surface area contributed by atoms with Gasteiger partial charge in [0.1, 0.15) is 0 Å². The van der Waals surface area contributed by atoms with E-state index in [9.17, 15) is 9.59 Å². The minimum Gasteiger partial charge on any atom is -0.367 e. The number of H-pyrrole nitrogens is 1. The lowest BCUT2D eigenvalue weighted by Gasteiger charge is -2.47. The Morgan fingerprint density at radius 2 is 2.10 bits per heavy atom. The van der Waals surface area contributed by atoms with Crippen LogP contribution in [0.2, 0.25) is 0 Å². The average molecular weight is 289 g/mol. The molecule has 0 atom stereocenters. The van der Waals surface area contributed by atoms with Gasteiger partial charge in [-0.05, 0) is 37.7 Å². The molecule has 0 aliphatic carbocycles. The number of carbonyl (C=O) groups excluding carboxylic acids is 2. The number of amides is 2. The third-order valence-electron chi connectivity index (χ3n) is 5.09. The van der Waals surface area contributed by atoms with Crippen molar-refractivity contribution in [2.75, 3.05) is 26.2 Å². The number of aromatic nitrogens is 1. The topological polar surface area (TPSA) is 56.4 Å². The molecule has 5 nitrogen and oxygen atoms in total. The van der Waals surface area contributed by atoms with Crippen LogP contribution in [0.4, 0.5) is 0 Å². The highest BCUT2D eigenvalue weighted by Crippen LogP contribution is 2.40. The number of carbonyl (C=O) groups is 2. The van der Waals surface area contributed by atoms with E-state index < -0.39 is 0 Å². The summed E-state index contributed by atoms with van der Waals surface area (Å²) in [4.78, 5) is 31.0. The second-order valence-electron chi connectivity index (χ2n) is 6.30. The molecule has 114 valence electrons. The maximum atomic E-state index is 12.3. The number of likely N-dealkylation sites (tertiary alicyclic amines) is 2. The summed E-state index contributed by atoms with van der Waals surface area (Å²) >= 11 is 0. The Morgan fingerprint density at radius 1 is 1.33 bits per heavy atom. The number of hydrogen-bond donors (Lipinski definition) is 1. The number of aromatic amines is 1. The van der Waals surface area contributed by atoms with Crippen molar-refractivity contribution in [3.63, 3.8) is 0 Å². The van der Waals surface area contributed by atoms with Gasteiger partial charge < -0.3 is 14.8 Å². The summed E-state index contributed by atoms with van der Waals surface area (Å²) in [7, 11) is 0. The Hall–Kier alpha value is -1.78. The number of nitrogens with one attached hydrogen (secondary N) is 1. The Labute approximate surface area is 125 Å². The lowest BCUT2D eigenvalue weighted by Crippen LogP contribution is -2.52. The van der Waals surface area contributed by atoms with Crippen molar-refractivity contribution in [2.45, 2.75) is 32.6 Å². The van der Waals surface area contributed by atoms with Gasteiger partial charge in [-0.1, -0.05) is 0 Å². The monoisotopic (exact) mass is 289 g/mol. The molecule has 0 unspecified atom stereocenters. The summed E-state index contributed by atoms with van der Waals surface area (Å²) in [5.74, 6) is 0.402. The molecule has 3 rings (SSSR count). The summed E-state index contributed by atoms with van der Waals surface area (Å²) < 4.78 is 0. The summed E-state index contributed by atoms with van der Waals surface area (Å²) in [6.45, 7) is 5.31. The van der Waals surface area contributed by atoms with Crippen molar-refractivity contribution < 1.29 is 9.59 Å². The van der Waals surface area contributed by atoms with E-state index in [-0.39, 0.29) is 17.2 Å². The lowest BCUT2D eigenvalue weighted by molar-refractivity contribution is -0.138. The van der Waals surface area contributed by atoms with Gasteiger partial charge in [-0.3, -0.25) is 9.59 Å². The smallest absolute Gasteiger partial charge is 0.255 e. The lowest BCUT2D eigenvalue weighted by atomic mass is 9.72. The zero-order chi connectivity index (χ0) is 14.9. The van der Waals surface area contributed by atoms with E-state index in [0.717, 1.165) is 51.0 Å². The fraction of sp³-hybridized carbons (Fsp3) is 0.625. The number of hydrogen-bond acceptors (Lipinski definition) is 2. The molecule has 0 bridgehead atoms. The van der Waals surface area contributed by atoms with Gasteiger partial charge in [-0.25, -0.2) is 0 Å². The van der Waals surface area contributed by atoms with Crippen LogP contribution in [0.25, 0.3) is 0 Å². The van der Waals surface area contributed by atoms with Crippen LogP contribution in [0.5, 0.6) is 0 Å². The fourth-order valence-electron chi connectivity index (χ4n) is 3.62. The highest BCUT2D eigenvalue weighted by Gasteiger charge is 2.41. The summed E-state index contributed by atoms with van der Waals surface area (Å²) in [5, 5.41) is 0. The SMILES string of the molecule is CCN1CC2(CCC1=O)CCN(C(=O)c1cc[nH]c1)CC2. The Bertz CT molecular complexity index is 516. The van der Waals surface area contributed by atoms with Gasteiger partial charge in [0.25, 0.3) is 5.91 Å². The molecule has 1 N–H and O–H groups in total. The predicted molar refractivity (Wildman–Crippen MR) is 79.9 cm³/mol. The molecular formula is C16H23N3O2. The Kier molecular flexibility index (Phi) is 3.74. The van der Waals surface area contributed by atoms with Crippen LogP contribution in [0.1, 0.15) is 43.0 Å². The van der Waals surface area contributed by atoms with Crippen LogP contribution in [0.3, 0.4) is 0 Å². The first-order valence-corrected chi connectivity index (χ1v) is 7.83. The van der Waals surface area contributed by atoms with Gasteiger partial charge in [0.05, 0.1) is 5.56 Å². The van der Waals surface area contributed by atoms with Gasteiger partial charge >= 0.3 is 0 Å². The third kappa shape index (κ3) is 2.69. The minimum absolute atomic E-state index is 0.116. The molecule has 2 amide bonds. The van der Waals surface area contributed by atoms with Crippen LogP contribution in [-0.4, -0.2) is 52.8 Å². The van der Waals surface area contributed by atoms with Crippen molar-refractivity contribution in [3.8, 4) is 0 Å². The van der Waals surface area contributed by atoms with Gasteiger partial charge in [0.15, 0.2) is 0 Å². The number of piperidine rings is 2. The Balaban J connectivity index is 1.62. The zero-order valence-electron chi connectivity index (χ0n) is 12.6. The van der Waals surface area contributed by atoms with Crippen LogP contribution >= 0.6 is 0 Å². The first kappa shape index (κ1) is 14.2. The molecule has 21 heavy (non-hydrogen) atoms. The average Bonchev–Trinajstić information content (AvgIpc) is 3.04. The summed E-state index contributed by atoms with van der Waals surface area (Å²) in [6, 6.07) is 1.82. The highest BCUT2D eigenvalue weighted by molar-refractivity contribution is 5.94.